The van der Waals surface area contributed by atoms with E-state index < -0.39 is 17.7 Å². The molecule has 0 saturated carbocycles. The molecule has 1 unspecified atom stereocenters. The number of aryl methyl sites for hydroxylation is 1. The number of hydrogen-bond donors (Lipinski definition) is 1. The number of ether oxygens (including phenoxy) is 1. The first kappa shape index (κ1) is 19.7. The van der Waals surface area contributed by atoms with Gasteiger partial charge < -0.3 is 24.1 Å². The number of likely N-dealkylation sites (N-methyl/N-ethyl adjacent to an activating group) is 1. The zero-order chi connectivity index (χ0) is 20.4. The fourth-order valence-corrected chi connectivity index (χ4v) is 3.30. The van der Waals surface area contributed by atoms with Crippen molar-refractivity contribution < 1.29 is 23.8 Å². The van der Waals surface area contributed by atoms with Gasteiger partial charge in [0.2, 0.25) is 0 Å². The van der Waals surface area contributed by atoms with E-state index in [1.165, 1.54) is 12.0 Å². The Morgan fingerprint density at radius 3 is 2.54 bits per heavy atom. The van der Waals surface area contributed by atoms with E-state index in [2.05, 4.69) is 0 Å². The summed E-state index contributed by atoms with van der Waals surface area (Å²) in [5.41, 5.74) is 0.353. The third-order valence-electron chi connectivity index (χ3n) is 4.72. The van der Waals surface area contributed by atoms with Crippen LogP contribution < -0.4 is 4.74 Å². The van der Waals surface area contributed by atoms with Crippen LogP contribution in [0.2, 0.25) is 0 Å². The normalized spacial score (nSPS) is 18.9. The highest BCUT2D eigenvalue weighted by Gasteiger charge is 2.47. The second-order valence-electron chi connectivity index (χ2n) is 6.94. The van der Waals surface area contributed by atoms with Crippen LogP contribution in [0, 0.1) is 6.92 Å². The maximum atomic E-state index is 12.9. The summed E-state index contributed by atoms with van der Waals surface area (Å²) in [5, 5.41) is 11.0. The molecule has 1 fully saturated rings. The molecule has 7 nitrogen and oxygen atoms in total. The summed E-state index contributed by atoms with van der Waals surface area (Å²) in [7, 11) is 5.25. The summed E-state index contributed by atoms with van der Waals surface area (Å²) >= 11 is 0. The first-order chi connectivity index (χ1) is 13.3. The molecule has 2 heterocycles. The molecule has 1 aliphatic rings. The van der Waals surface area contributed by atoms with Crippen LogP contribution in [0.5, 0.6) is 5.75 Å². The lowest BCUT2D eigenvalue weighted by Gasteiger charge is -2.24. The van der Waals surface area contributed by atoms with Gasteiger partial charge in [-0.1, -0.05) is 12.1 Å². The van der Waals surface area contributed by atoms with Crippen molar-refractivity contribution >= 4 is 17.4 Å². The lowest BCUT2D eigenvalue weighted by molar-refractivity contribution is -0.140. The molecule has 1 N–H and O–H groups in total. The number of furan rings is 1. The van der Waals surface area contributed by atoms with E-state index in [1.807, 2.05) is 19.0 Å². The van der Waals surface area contributed by atoms with Gasteiger partial charge in [-0.05, 0) is 45.3 Å². The van der Waals surface area contributed by atoms with Crippen LogP contribution in [0.3, 0.4) is 0 Å². The van der Waals surface area contributed by atoms with E-state index in [1.54, 1.807) is 43.3 Å². The number of benzene rings is 1. The molecule has 2 aromatic rings. The SMILES string of the molecule is COc1ccccc1/C(O)=C1/C(=O)C(=O)N(CCN(C)C)C1c1ccc(C)o1. The summed E-state index contributed by atoms with van der Waals surface area (Å²) in [5.74, 6) is -0.160. The first-order valence-electron chi connectivity index (χ1n) is 8.98. The Kier molecular flexibility index (Phi) is 5.56. The number of aliphatic hydroxyl groups excluding tert-OH is 1. The number of hydrogen-bond acceptors (Lipinski definition) is 6. The van der Waals surface area contributed by atoms with E-state index in [4.69, 9.17) is 9.15 Å². The average molecular weight is 384 g/mol. The molecule has 1 amide bonds. The second-order valence-corrected chi connectivity index (χ2v) is 6.94. The van der Waals surface area contributed by atoms with Crippen molar-refractivity contribution in [2.24, 2.45) is 0 Å². The summed E-state index contributed by atoms with van der Waals surface area (Å²) in [6.07, 6.45) is 0. The summed E-state index contributed by atoms with van der Waals surface area (Å²) < 4.78 is 11.0. The van der Waals surface area contributed by atoms with Gasteiger partial charge in [-0.2, -0.15) is 0 Å². The number of carbonyl (C=O) groups is 2. The second kappa shape index (κ2) is 7.90. The fraction of sp³-hybridized carbons (Fsp3) is 0.333. The smallest absolute Gasteiger partial charge is 0.295 e. The van der Waals surface area contributed by atoms with Crippen molar-refractivity contribution in [3.63, 3.8) is 0 Å². The molecule has 0 bridgehead atoms. The van der Waals surface area contributed by atoms with E-state index in [9.17, 15) is 14.7 Å². The van der Waals surface area contributed by atoms with Crippen LogP contribution in [0.25, 0.3) is 5.76 Å². The van der Waals surface area contributed by atoms with Crippen molar-refractivity contribution in [2.75, 3.05) is 34.3 Å². The van der Waals surface area contributed by atoms with Gasteiger partial charge in [0.25, 0.3) is 11.7 Å². The molecular formula is C21H24N2O5. The number of para-hydroxylation sites is 1. The minimum absolute atomic E-state index is 0.00241. The molecule has 0 aliphatic carbocycles. The molecule has 1 saturated heterocycles. The van der Waals surface area contributed by atoms with E-state index in [-0.39, 0.29) is 11.3 Å². The molecule has 0 spiro atoms. The van der Waals surface area contributed by atoms with Crippen molar-refractivity contribution in [3.8, 4) is 5.75 Å². The largest absolute Gasteiger partial charge is 0.507 e. The average Bonchev–Trinajstić information content (AvgIpc) is 3.21. The molecule has 3 rings (SSSR count). The van der Waals surface area contributed by atoms with Gasteiger partial charge >= 0.3 is 0 Å². The highest BCUT2D eigenvalue weighted by molar-refractivity contribution is 6.46. The molecule has 1 aliphatic heterocycles. The first-order valence-corrected chi connectivity index (χ1v) is 8.98. The van der Waals surface area contributed by atoms with Crippen molar-refractivity contribution in [1.82, 2.24) is 9.80 Å². The number of ketones is 1. The van der Waals surface area contributed by atoms with Crippen LogP contribution in [0.1, 0.15) is 23.1 Å². The zero-order valence-electron chi connectivity index (χ0n) is 16.4. The minimum Gasteiger partial charge on any atom is -0.507 e. The van der Waals surface area contributed by atoms with E-state index >= 15 is 0 Å². The topological polar surface area (TPSA) is 83.2 Å². The summed E-state index contributed by atoms with van der Waals surface area (Å²) in [6, 6.07) is 9.52. The van der Waals surface area contributed by atoms with Crippen molar-refractivity contribution in [1.29, 1.82) is 0 Å². The predicted molar refractivity (Wildman–Crippen MR) is 104 cm³/mol. The number of methoxy groups -OCH3 is 1. The van der Waals surface area contributed by atoms with Gasteiger partial charge in [0, 0.05) is 13.1 Å². The van der Waals surface area contributed by atoms with Gasteiger partial charge in [0.15, 0.2) is 0 Å². The molecule has 0 radical (unpaired) electrons. The number of aliphatic hydroxyl groups is 1. The quantitative estimate of drug-likeness (QED) is 0.468. The predicted octanol–water partition coefficient (Wildman–Crippen LogP) is 2.58. The Hall–Kier alpha value is -3.06. The Balaban J connectivity index is 2.16. The van der Waals surface area contributed by atoms with Crippen molar-refractivity contribution in [3.05, 3.63) is 59.1 Å². The van der Waals surface area contributed by atoms with Gasteiger partial charge in [-0.25, -0.2) is 0 Å². The molecular weight excluding hydrogens is 360 g/mol. The van der Waals surface area contributed by atoms with Gasteiger partial charge in [-0.3, -0.25) is 9.59 Å². The van der Waals surface area contributed by atoms with Crippen LogP contribution in [0.15, 0.2) is 46.4 Å². The van der Waals surface area contributed by atoms with E-state index in [0.717, 1.165) is 0 Å². The van der Waals surface area contributed by atoms with Crippen LogP contribution in [-0.2, 0) is 9.59 Å². The van der Waals surface area contributed by atoms with Crippen molar-refractivity contribution in [2.45, 2.75) is 13.0 Å². The zero-order valence-corrected chi connectivity index (χ0v) is 16.4. The van der Waals surface area contributed by atoms with Crippen LogP contribution in [-0.4, -0.2) is 60.9 Å². The summed E-state index contributed by atoms with van der Waals surface area (Å²) in [4.78, 5) is 29.0. The lowest BCUT2D eigenvalue weighted by atomic mass is 9.99. The molecule has 1 aromatic carbocycles. The fourth-order valence-electron chi connectivity index (χ4n) is 3.30. The van der Waals surface area contributed by atoms with Gasteiger partial charge in [0.05, 0.1) is 18.2 Å². The van der Waals surface area contributed by atoms with E-state index in [0.29, 0.717) is 35.9 Å². The standard InChI is InChI=1S/C21H24N2O5/c1-13-9-10-16(28-13)18-17(19(24)14-7-5-6-8-15(14)27-4)20(25)21(26)23(18)12-11-22(2)3/h5-10,18,24H,11-12H2,1-4H3/b19-17-. The molecule has 28 heavy (non-hydrogen) atoms. The van der Waals surface area contributed by atoms with Crippen LogP contribution in [0.4, 0.5) is 0 Å². The Morgan fingerprint density at radius 1 is 1.21 bits per heavy atom. The number of carbonyl (C=O) groups excluding carboxylic acids is 2. The highest BCUT2D eigenvalue weighted by Crippen LogP contribution is 2.41. The molecule has 1 atom stereocenters. The highest BCUT2D eigenvalue weighted by atomic mass is 16.5. The van der Waals surface area contributed by atoms with Gasteiger partial charge in [-0.15, -0.1) is 0 Å². The number of likely N-dealkylation sites (tertiary alicyclic amines) is 1. The minimum atomic E-state index is -0.793. The molecule has 7 heteroatoms. The molecule has 1 aromatic heterocycles. The number of amides is 1. The summed E-state index contributed by atoms with van der Waals surface area (Å²) in [6.45, 7) is 2.68. The number of Topliss-reactive ketones (excluding diaryl/α,β-unsaturated/α-hetero) is 1. The molecule has 148 valence electrons. The monoisotopic (exact) mass is 384 g/mol. The number of nitrogens with zero attached hydrogens (tertiary/aromatic N) is 2. The number of rotatable bonds is 6. The van der Waals surface area contributed by atoms with Crippen LogP contribution >= 0.6 is 0 Å². The van der Waals surface area contributed by atoms with Gasteiger partial charge in [0.1, 0.15) is 29.1 Å². The maximum Gasteiger partial charge on any atom is 0.295 e. The Labute approximate surface area is 163 Å². The maximum absolute atomic E-state index is 12.9. The Morgan fingerprint density at radius 2 is 1.93 bits per heavy atom. The third-order valence-corrected chi connectivity index (χ3v) is 4.72. The third kappa shape index (κ3) is 3.53. The Bertz CT molecular complexity index is 928. The lowest BCUT2D eigenvalue weighted by Crippen LogP contribution is -2.35.